The highest BCUT2D eigenvalue weighted by Gasteiger charge is 2.35. The quantitative estimate of drug-likeness (QED) is 0.550. The molecule has 0 atom stereocenters. The first-order valence-electron chi connectivity index (χ1n) is 8.08. The summed E-state index contributed by atoms with van der Waals surface area (Å²) in [5.74, 6) is -2.68. The number of esters is 1. The van der Waals surface area contributed by atoms with E-state index in [0.29, 0.717) is 0 Å². The molecule has 0 saturated heterocycles. The van der Waals surface area contributed by atoms with Crippen LogP contribution < -0.4 is 5.32 Å². The van der Waals surface area contributed by atoms with Crippen LogP contribution in [0.3, 0.4) is 0 Å². The molecule has 1 aliphatic carbocycles. The van der Waals surface area contributed by atoms with E-state index < -0.39 is 29.2 Å². The fraction of sp³-hybridized carbons (Fsp3) is 0.812. The van der Waals surface area contributed by atoms with Crippen LogP contribution in [0.1, 0.15) is 65.7 Å². The van der Waals surface area contributed by atoms with Gasteiger partial charge in [0.15, 0.2) is 0 Å². The second-order valence-corrected chi connectivity index (χ2v) is 6.60. The maximum atomic E-state index is 11.9. The molecule has 0 aromatic carbocycles. The Morgan fingerprint density at radius 3 is 2.26 bits per heavy atom. The summed E-state index contributed by atoms with van der Waals surface area (Å²) >= 11 is 0. The van der Waals surface area contributed by atoms with Crippen LogP contribution >= 0.6 is 0 Å². The molecule has 1 rings (SSSR count). The van der Waals surface area contributed by atoms with Gasteiger partial charge in [-0.25, -0.2) is 4.79 Å². The molecule has 1 fully saturated rings. The van der Waals surface area contributed by atoms with Gasteiger partial charge in [-0.1, -0.05) is 26.2 Å². The maximum Gasteiger partial charge on any atom is 0.410 e. The first-order chi connectivity index (χ1) is 10.7. The van der Waals surface area contributed by atoms with Crippen molar-refractivity contribution >= 4 is 18.0 Å². The normalized spacial score (nSPS) is 17.2. The van der Waals surface area contributed by atoms with E-state index in [4.69, 9.17) is 14.6 Å². The van der Waals surface area contributed by atoms with Gasteiger partial charge >= 0.3 is 18.0 Å². The molecule has 0 radical (unpaired) electrons. The van der Waals surface area contributed by atoms with E-state index in [1.807, 2.05) is 0 Å². The summed E-state index contributed by atoms with van der Waals surface area (Å²) in [5, 5.41) is 11.7. The van der Waals surface area contributed by atoms with Crippen molar-refractivity contribution in [3.05, 3.63) is 0 Å². The van der Waals surface area contributed by atoms with Gasteiger partial charge in [0.1, 0.15) is 0 Å². The third-order valence-electron chi connectivity index (χ3n) is 4.03. The lowest BCUT2D eigenvalue weighted by Gasteiger charge is -2.36. The highest BCUT2D eigenvalue weighted by atomic mass is 16.7. The second kappa shape index (κ2) is 8.17. The maximum absolute atomic E-state index is 11.9. The number of carbonyl (C=O) groups excluding carboxylic acids is 2. The number of alkyl carbamates (subject to hydrolysis) is 1. The smallest absolute Gasteiger partial charge is 0.410 e. The highest BCUT2D eigenvalue weighted by molar-refractivity contribution is 5.71. The Morgan fingerprint density at radius 2 is 1.74 bits per heavy atom. The Morgan fingerprint density at radius 1 is 1.13 bits per heavy atom. The number of rotatable bonds is 7. The minimum atomic E-state index is -1.36. The SMILES string of the molecule is CCC(=O)OC(C)(C)OC(=O)NCC1(CC(=O)O)CCCCC1. The van der Waals surface area contributed by atoms with Gasteiger partial charge in [0.05, 0.1) is 6.42 Å². The van der Waals surface area contributed by atoms with E-state index in [-0.39, 0.29) is 19.4 Å². The number of hydrogen-bond donors (Lipinski definition) is 2. The Kier molecular flexibility index (Phi) is 6.84. The highest BCUT2D eigenvalue weighted by Crippen LogP contribution is 2.38. The average molecular weight is 329 g/mol. The van der Waals surface area contributed by atoms with Crippen LogP contribution in [0.15, 0.2) is 0 Å². The van der Waals surface area contributed by atoms with E-state index in [1.165, 1.54) is 13.8 Å². The minimum absolute atomic E-state index is 0.0293. The van der Waals surface area contributed by atoms with Gasteiger partial charge in [0.2, 0.25) is 0 Å². The van der Waals surface area contributed by atoms with Crippen molar-refractivity contribution < 1.29 is 29.0 Å². The van der Waals surface area contributed by atoms with E-state index in [0.717, 1.165) is 32.1 Å². The number of aliphatic carboxylic acids is 1. The molecular formula is C16H27NO6. The van der Waals surface area contributed by atoms with Crippen molar-refractivity contribution in [1.29, 1.82) is 0 Å². The summed E-state index contributed by atoms with van der Waals surface area (Å²) in [7, 11) is 0. The Bertz CT molecular complexity index is 440. The number of hydrogen-bond acceptors (Lipinski definition) is 5. The van der Waals surface area contributed by atoms with Gasteiger partial charge in [0, 0.05) is 26.8 Å². The number of amides is 1. The predicted molar refractivity (Wildman–Crippen MR) is 82.7 cm³/mol. The summed E-state index contributed by atoms with van der Waals surface area (Å²) in [5.41, 5.74) is -0.423. The molecule has 0 aliphatic heterocycles. The molecule has 2 N–H and O–H groups in total. The number of carbonyl (C=O) groups is 3. The molecule has 1 amide bonds. The molecular weight excluding hydrogens is 302 g/mol. The molecule has 0 unspecified atom stereocenters. The largest absolute Gasteiger partial charge is 0.481 e. The van der Waals surface area contributed by atoms with Gasteiger partial charge < -0.3 is 19.9 Å². The Balaban J connectivity index is 2.55. The van der Waals surface area contributed by atoms with E-state index in [2.05, 4.69) is 5.32 Å². The fourth-order valence-electron chi connectivity index (χ4n) is 2.92. The molecule has 0 bridgehead atoms. The van der Waals surface area contributed by atoms with Crippen LogP contribution in [0.5, 0.6) is 0 Å². The van der Waals surface area contributed by atoms with Crippen molar-refractivity contribution in [2.45, 2.75) is 71.5 Å². The molecule has 1 aliphatic rings. The summed E-state index contributed by atoms with van der Waals surface area (Å²) in [6.45, 7) is 4.86. The number of ether oxygens (including phenoxy) is 2. The molecule has 7 nitrogen and oxygen atoms in total. The van der Waals surface area contributed by atoms with Crippen molar-refractivity contribution in [1.82, 2.24) is 5.32 Å². The number of nitrogens with one attached hydrogen (secondary N) is 1. The second-order valence-electron chi connectivity index (χ2n) is 6.60. The van der Waals surface area contributed by atoms with Crippen molar-refractivity contribution in [2.24, 2.45) is 5.41 Å². The molecule has 0 aromatic heterocycles. The van der Waals surface area contributed by atoms with Crippen molar-refractivity contribution in [3.8, 4) is 0 Å². The summed E-state index contributed by atoms with van der Waals surface area (Å²) in [6.07, 6.45) is 4.06. The van der Waals surface area contributed by atoms with Crippen LogP contribution in [0.2, 0.25) is 0 Å². The molecule has 0 spiro atoms. The van der Waals surface area contributed by atoms with Gasteiger partial charge in [0.25, 0.3) is 5.79 Å². The third kappa shape index (κ3) is 6.88. The van der Waals surface area contributed by atoms with Gasteiger partial charge in [-0.15, -0.1) is 0 Å². The van der Waals surface area contributed by atoms with E-state index in [9.17, 15) is 14.4 Å². The lowest BCUT2D eigenvalue weighted by atomic mass is 9.72. The van der Waals surface area contributed by atoms with E-state index >= 15 is 0 Å². The molecule has 1 saturated carbocycles. The summed E-state index contributed by atoms with van der Waals surface area (Å²) in [6, 6.07) is 0. The summed E-state index contributed by atoms with van der Waals surface area (Å²) in [4.78, 5) is 34.3. The Hall–Kier alpha value is -1.79. The zero-order chi connectivity index (χ0) is 17.5. The summed E-state index contributed by atoms with van der Waals surface area (Å²) < 4.78 is 10.1. The van der Waals surface area contributed by atoms with Crippen LogP contribution in [-0.2, 0) is 19.1 Å². The van der Waals surface area contributed by atoms with Crippen LogP contribution in [-0.4, -0.2) is 35.5 Å². The zero-order valence-electron chi connectivity index (χ0n) is 14.1. The zero-order valence-corrected chi connectivity index (χ0v) is 14.1. The first kappa shape index (κ1) is 19.3. The molecule has 0 aromatic rings. The van der Waals surface area contributed by atoms with Gasteiger partial charge in [-0.05, 0) is 18.3 Å². The predicted octanol–water partition coefficient (Wildman–Crippen LogP) is 2.83. The molecule has 23 heavy (non-hydrogen) atoms. The van der Waals surface area contributed by atoms with Gasteiger partial charge in [-0.3, -0.25) is 9.59 Å². The van der Waals surface area contributed by atoms with E-state index in [1.54, 1.807) is 6.92 Å². The lowest BCUT2D eigenvalue weighted by Crippen LogP contribution is -2.44. The van der Waals surface area contributed by atoms with Gasteiger partial charge in [-0.2, -0.15) is 0 Å². The lowest BCUT2D eigenvalue weighted by molar-refractivity contribution is -0.194. The van der Waals surface area contributed by atoms with Crippen molar-refractivity contribution in [3.63, 3.8) is 0 Å². The fourth-order valence-corrected chi connectivity index (χ4v) is 2.92. The monoisotopic (exact) mass is 329 g/mol. The molecule has 0 heterocycles. The van der Waals surface area contributed by atoms with Crippen LogP contribution in [0.4, 0.5) is 4.79 Å². The first-order valence-corrected chi connectivity index (χ1v) is 8.08. The van der Waals surface area contributed by atoms with Crippen LogP contribution in [0, 0.1) is 5.41 Å². The molecule has 7 heteroatoms. The minimum Gasteiger partial charge on any atom is -0.481 e. The average Bonchev–Trinajstić information content (AvgIpc) is 2.44. The standard InChI is InChI=1S/C16H27NO6/c1-4-13(20)22-15(2,3)23-14(21)17-11-16(10-12(18)19)8-6-5-7-9-16/h4-11H2,1-3H3,(H,17,21)(H,18,19). The van der Waals surface area contributed by atoms with Crippen molar-refractivity contribution in [2.75, 3.05) is 6.54 Å². The Labute approximate surface area is 136 Å². The number of carboxylic acid groups (broad SMARTS) is 1. The molecule has 132 valence electrons. The number of carboxylic acids is 1. The van der Waals surface area contributed by atoms with Crippen LogP contribution in [0.25, 0.3) is 0 Å². The topological polar surface area (TPSA) is 102 Å². The third-order valence-corrected chi connectivity index (χ3v) is 4.03.